The van der Waals surface area contributed by atoms with E-state index in [4.69, 9.17) is 0 Å². The molecule has 1 aromatic carbocycles. The fourth-order valence-corrected chi connectivity index (χ4v) is 4.45. The smallest absolute Gasteiger partial charge is 0.283 e. The highest BCUT2D eigenvalue weighted by Crippen LogP contribution is 2.33. The topological polar surface area (TPSA) is 67.5 Å². The van der Waals surface area contributed by atoms with Crippen molar-refractivity contribution in [2.24, 2.45) is 5.10 Å². The van der Waals surface area contributed by atoms with Crippen molar-refractivity contribution in [3.63, 3.8) is 0 Å². The maximum absolute atomic E-state index is 12.9. The van der Waals surface area contributed by atoms with E-state index in [1.165, 1.54) is 22.2 Å². The number of aromatic nitrogens is 2. The number of aryl methyl sites for hydroxylation is 3. The lowest BCUT2D eigenvalue weighted by molar-refractivity contribution is 0.474. The van der Waals surface area contributed by atoms with Crippen LogP contribution >= 0.6 is 11.3 Å². The van der Waals surface area contributed by atoms with Crippen LogP contribution in [-0.4, -0.2) is 21.0 Å². The summed E-state index contributed by atoms with van der Waals surface area (Å²) in [6.07, 6.45) is 5.77. The number of fused-ring (bicyclic) bond motifs is 3. The monoisotopic (exact) mass is 339 g/mol. The predicted octanol–water partition coefficient (Wildman–Crippen LogP) is 3.23. The standard InChI is InChI=1S/C18H17N3O2S/c1-11-20-17-16(13-7-3-5-9-15(13)24-17)18(23)21(11)19-10-12-6-2-4-8-14(12)22/h2,4,6,8,10,22H,3,5,7,9H2,1H3. The third-order valence-corrected chi connectivity index (χ3v) is 5.56. The van der Waals surface area contributed by atoms with Gasteiger partial charge in [0.15, 0.2) is 0 Å². The molecule has 0 unspecified atom stereocenters. The van der Waals surface area contributed by atoms with Gasteiger partial charge in [-0.25, -0.2) is 4.98 Å². The number of thiophene rings is 1. The fourth-order valence-electron chi connectivity index (χ4n) is 3.15. The Bertz CT molecular complexity index is 1020. The number of aromatic hydroxyl groups is 1. The van der Waals surface area contributed by atoms with Gasteiger partial charge in [-0.15, -0.1) is 11.3 Å². The van der Waals surface area contributed by atoms with E-state index in [1.807, 2.05) is 6.07 Å². The van der Waals surface area contributed by atoms with Gasteiger partial charge in [-0.3, -0.25) is 4.79 Å². The van der Waals surface area contributed by atoms with E-state index in [2.05, 4.69) is 10.1 Å². The molecule has 3 aromatic rings. The van der Waals surface area contributed by atoms with Crippen molar-refractivity contribution >= 4 is 27.8 Å². The summed E-state index contributed by atoms with van der Waals surface area (Å²) in [5.74, 6) is 0.687. The molecule has 122 valence electrons. The summed E-state index contributed by atoms with van der Waals surface area (Å²) in [5.41, 5.74) is 1.60. The minimum atomic E-state index is -0.122. The highest BCUT2D eigenvalue weighted by molar-refractivity contribution is 7.18. The van der Waals surface area contributed by atoms with Crippen LogP contribution in [0.4, 0.5) is 0 Å². The van der Waals surface area contributed by atoms with E-state index < -0.39 is 0 Å². The molecular formula is C18H17N3O2S. The maximum Gasteiger partial charge on any atom is 0.283 e. The molecule has 0 bridgehead atoms. The molecule has 2 aromatic heterocycles. The summed E-state index contributed by atoms with van der Waals surface area (Å²) in [6.45, 7) is 1.78. The molecule has 1 N–H and O–H groups in total. The number of phenolic OH excluding ortho intramolecular Hbond substituents is 1. The Morgan fingerprint density at radius 1 is 1.29 bits per heavy atom. The van der Waals surface area contributed by atoms with Gasteiger partial charge in [-0.1, -0.05) is 12.1 Å². The molecule has 6 heteroatoms. The number of hydrogen-bond donors (Lipinski definition) is 1. The second-order valence-corrected chi connectivity index (χ2v) is 7.05. The zero-order valence-corrected chi connectivity index (χ0v) is 14.1. The lowest BCUT2D eigenvalue weighted by Crippen LogP contribution is -2.21. The molecule has 24 heavy (non-hydrogen) atoms. The van der Waals surface area contributed by atoms with Crippen LogP contribution in [0.3, 0.4) is 0 Å². The number of phenols is 1. The molecule has 0 saturated heterocycles. The lowest BCUT2D eigenvalue weighted by Gasteiger charge is -2.10. The van der Waals surface area contributed by atoms with Crippen LogP contribution in [0.5, 0.6) is 5.75 Å². The van der Waals surface area contributed by atoms with Crippen molar-refractivity contribution in [1.29, 1.82) is 0 Å². The molecule has 4 rings (SSSR count). The summed E-state index contributed by atoms with van der Waals surface area (Å²) in [5, 5.41) is 14.8. The van der Waals surface area contributed by atoms with Crippen molar-refractivity contribution in [2.45, 2.75) is 32.6 Å². The highest BCUT2D eigenvalue weighted by Gasteiger charge is 2.21. The Morgan fingerprint density at radius 2 is 2.08 bits per heavy atom. The van der Waals surface area contributed by atoms with Gasteiger partial charge in [-0.2, -0.15) is 9.78 Å². The van der Waals surface area contributed by atoms with Crippen molar-refractivity contribution < 1.29 is 5.11 Å². The van der Waals surface area contributed by atoms with Gasteiger partial charge in [0.1, 0.15) is 16.4 Å². The highest BCUT2D eigenvalue weighted by atomic mass is 32.1. The second kappa shape index (κ2) is 5.87. The molecule has 0 saturated carbocycles. The Morgan fingerprint density at radius 3 is 2.92 bits per heavy atom. The molecule has 0 spiro atoms. The van der Waals surface area contributed by atoms with Crippen LogP contribution in [0.25, 0.3) is 10.2 Å². The van der Waals surface area contributed by atoms with E-state index in [-0.39, 0.29) is 11.3 Å². The molecular weight excluding hydrogens is 322 g/mol. The van der Waals surface area contributed by atoms with Crippen molar-refractivity contribution in [3.05, 3.63) is 56.4 Å². The summed E-state index contributed by atoms with van der Waals surface area (Å²) in [7, 11) is 0. The van der Waals surface area contributed by atoms with Gasteiger partial charge < -0.3 is 5.11 Å². The molecule has 1 aliphatic rings. The Balaban J connectivity index is 1.87. The predicted molar refractivity (Wildman–Crippen MR) is 96.4 cm³/mol. The molecule has 5 nitrogen and oxygen atoms in total. The van der Waals surface area contributed by atoms with Crippen molar-refractivity contribution in [3.8, 4) is 5.75 Å². The third kappa shape index (κ3) is 2.43. The average Bonchev–Trinajstić information content (AvgIpc) is 2.94. The lowest BCUT2D eigenvalue weighted by atomic mass is 9.97. The van der Waals surface area contributed by atoms with Gasteiger partial charge in [-0.05, 0) is 50.3 Å². The minimum Gasteiger partial charge on any atom is -0.507 e. The van der Waals surface area contributed by atoms with Crippen LogP contribution in [0.1, 0.15) is 34.7 Å². The number of nitrogens with zero attached hydrogens (tertiary/aromatic N) is 3. The Hall–Kier alpha value is -2.47. The molecule has 0 aliphatic heterocycles. The van der Waals surface area contributed by atoms with Crippen molar-refractivity contribution in [1.82, 2.24) is 9.66 Å². The Kier molecular flexibility index (Phi) is 3.69. The van der Waals surface area contributed by atoms with Gasteiger partial charge in [0.05, 0.1) is 11.6 Å². The SMILES string of the molecule is Cc1nc2sc3c(c2c(=O)n1N=Cc1ccccc1O)CCCC3. The number of hydrogen-bond acceptors (Lipinski definition) is 5. The zero-order valence-electron chi connectivity index (χ0n) is 13.3. The van der Waals surface area contributed by atoms with Crippen LogP contribution in [0.2, 0.25) is 0 Å². The molecule has 0 fully saturated rings. The molecule has 2 heterocycles. The van der Waals surface area contributed by atoms with Gasteiger partial charge in [0.2, 0.25) is 0 Å². The van der Waals surface area contributed by atoms with Gasteiger partial charge in [0.25, 0.3) is 5.56 Å². The summed E-state index contributed by atoms with van der Waals surface area (Å²) >= 11 is 1.64. The zero-order chi connectivity index (χ0) is 16.7. The minimum absolute atomic E-state index is 0.122. The van der Waals surface area contributed by atoms with Crippen LogP contribution in [0, 0.1) is 6.92 Å². The number of benzene rings is 1. The fraction of sp³-hybridized carbons (Fsp3) is 0.278. The number of para-hydroxylation sites is 1. The summed E-state index contributed by atoms with van der Waals surface area (Å²) in [4.78, 5) is 19.6. The number of rotatable bonds is 2. The van der Waals surface area contributed by atoms with E-state index in [0.717, 1.165) is 35.0 Å². The molecule has 0 atom stereocenters. The summed E-state index contributed by atoms with van der Waals surface area (Å²) < 4.78 is 1.33. The first-order valence-electron chi connectivity index (χ1n) is 8.01. The molecule has 0 radical (unpaired) electrons. The second-order valence-electron chi connectivity index (χ2n) is 5.97. The van der Waals surface area contributed by atoms with E-state index in [0.29, 0.717) is 11.4 Å². The normalized spacial score (nSPS) is 14.4. The van der Waals surface area contributed by atoms with Crippen LogP contribution < -0.4 is 5.56 Å². The quantitative estimate of drug-likeness (QED) is 0.729. The first kappa shape index (κ1) is 15.1. The summed E-state index contributed by atoms with van der Waals surface area (Å²) in [6, 6.07) is 6.90. The third-order valence-electron chi connectivity index (χ3n) is 4.38. The molecule has 0 amide bonds. The first-order chi connectivity index (χ1) is 11.6. The van der Waals surface area contributed by atoms with Crippen LogP contribution in [0.15, 0.2) is 34.2 Å². The van der Waals surface area contributed by atoms with E-state index in [1.54, 1.807) is 36.5 Å². The largest absolute Gasteiger partial charge is 0.507 e. The first-order valence-corrected chi connectivity index (χ1v) is 8.83. The van der Waals surface area contributed by atoms with Crippen LogP contribution in [-0.2, 0) is 12.8 Å². The van der Waals surface area contributed by atoms with E-state index in [9.17, 15) is 9.90 Å². The maximum atomic E-state index is 12.9. The van der Waals surface area contributed by atoms with Gasteiger partial charge in [0, 0.05) is 10.4 Å². The molecule has 1 aliphatic carbocycles. The van der Waals surface area contributed by atoms with Gasteiger partial charge >= 0.3 is 0 Å². The van der Waals surface area contributed by atoms with E-state index >= 15 is 0 Å². The Labute approximate surface area is 142 Å². The average molecular weight is 339 g/mol. The van der Waals surface area contributed by atoms with Crippen molar-refractivity contribution in [2.75, 3.05) is 0 Å².